The highest BCUT2D eigenvalue weighted by atomic mass is 79.9. The van der Waals surface area contributed by atoms with E-state index < -0.39 is 0 Å². The summed E-state index contributed by atoms with van der Waals surface area (Å²) in [6, 6.07) is 13.8. The Morgan fingerprint density at radius 3 is 2.52 bits per heavy atom. The minimum absolute atomic E-state index is 0.304. The van der Waals surface area contributed by atoms with Gasteiger partial charge in [-0.3, -0.25) is 4.90 Å². The van der Waals surface area contributed by atoms with E-state index in [2.05, 4.69) is 55.1 Å². The van der Waals surface area contributed by atoms with Gasteiger partial charge in [0.25, 0.3) is 0 Å². The van der Waals surface area contributed by atoms with Crippen LogP contribution in [0.1, 0.15) is 43.7 Å². The van der Waals surface area contributed by atoms with Gasteiger partial charge in [-0.2, -0.15) is 0 Å². The van der Waals surface area contributed by atoms with Gasteiger partial charge in [0.2, 0.25) is 0 Å². The lowest BCUT2D eigenvalue weighted by Crippen LogP contribution is -2.25. The zero-order chi connectivity index (χ0) is 22.5. The zero-order valence-corrected chi connectivity index (χ0v) is 21.5. The summed E-state index contributed by atoms with van der Waals surface area (Å²) < 4.78 is 12.8. The third-order valence-corrected chi connectivity index (χ3v) is 6.06. The van der Waals surface area contributed by atoms with Gasteiger partial charge in [0.05, 0.1) is 11.6 Å². The number of ether oxygens (including phenoxy) is 2. The van der Waals surface area contributed by atoms with E-state index in [4.69, 9.17) is 9.47 Å². The lowest BCUT2D eigenvalue weighted by Gasteiger charge is -2.22. The molecule has 2 aromatic carbocycles. The van der Waals surface area contributed by atoms with Crippen molar-refractivity contribution < 1.29 is 14.3 Å². The molecule has 1 N–H and O–H groups in total. The lowest BCUT2D eigenvalue weighted by atomic mass is 10.1. The van der Waals surface area contributed by atoms with Gasteiger partial charge in [-0.1, -0.05) is 66.0 Å². The molecule has 0 atom stereocenters. The standard InChI is InChI=1S/C24H32Br2N2O3/c1-3-28(17-20-15-21(25)16-22(26)23(20)30-2)14-10-5-4-9-13-27-24(29)31-18-19-11-7-6-8-12-19/h6-8,11-12,15-16H,3-5,9-10,13-14,17-18H2,1-2H3,(H,27,29). The summed E-state index contributed by atoms with van der Waals surface area (Å²) in [6.07, 6.45) is 3.96. The number of methoxy groups -OCH3 is 1. The van der Waals surface area contributed by atoms with Crippen molar-refractivity contribution in [2.24, 2.45) is 0 Å². The maximum Gasteiger partial charge on any atom is 0.407 e. The van der Waals surface area contributed by atoms with E-state index in [9.17, 15) is 4.79 Å². The van der Waals surface area contributed by atoms with E-state index in [0.717, 1.165) is 65.6 Å². The molecule has 2 aromatic rings. The summed E-state index contributed by atoms with van der Waals surface area (Å²) in [7, 11) is 1.71. The van der Waals surface area contributed by atoms with Crippen molar-refractivity contribution in [2.45, 2.75) is 45.8 Å². The second kappa shape index (κ2) is 14.5. The molecule has 0 aliphatic rings. The summed E-state index contributed by atoms with van der Waals surface area (Å²) >= 11 is 7.14. The van der Waals surface area contributed by atoms with Gasteiger partial charge in [0, 0.05) is 23.1 Å². The third-order valence-electron chi connectivity index (χ3n) is 5.01. The molecular weight excluding hydrogens is 524 g/mol. The molecule has 0 aromatic heterocycles. The Labute approximate surface area is 202 Å². The Balaban J connectivity index is 1.59. The average Bonchev–Trinajstić information content (AvgIpc) is 2.76. The van der Waals surface area contributed by atoms with E-state index in [1.165, 1.54) is 5.56 Å². The van der Waals surface area contributed by atoms with Crippen LogP contribution in [0.25, 0.3) is 0 Å². The molecule has 0 saturated carbocycles. The summed E-state index contributed by atoms with van der Waals surface area (Å²) in [6.45, 7) is 6.02. The normalized spacial score (nSPS) is 10.9. The minimum Gasteiger partial charge on any atom is -0.495 e. The van der Waals surface area contributed by atoms with Crippen molar-refractivity contribution in [3.8, 4) is 5.75 Å². The van der Waals surface area contributed by atoms with E-state index in [-0.39, 0.29) is 6.09 Å². The number of carbonyl (C=O) groups excluding carboxylic acids is 1. The van der Waals surface area contributed by atoms with Gasteiger partial charge in [-0.05, 0) is 59.6 Å². The number of carbonyl (C=O) groups is 1. The molecule has 0 aliphatic heterocycles. The van der Waals surface area contributed by atoms with Crippen molar-refractivity contribution in [3.63, 3.8) is 0 Å². The van der Waals surface area contributed by atoms with Crippen molar-refractivity contribution in [1.29, 1.82) is 0 Å². The van der Waals surface area contributed by atoms with Gasteiger partial charge < -0.3 is 14.8 Å². The SMILES string of the molecule is CCN(CCCCCCNC(=O)OCc1ccccc1)Cc1cc(Br)cc(Br)c1OC. The predicted octanol–water partition coefficient (Wildman–Crippen LogP) is 6.53. The van der Waals surface area contributed by atoms with Crippen LogP contribution in [0.3, 0.4) is 0 Å². The van der Waals surface area contributed by atoms with Gasteiger partial charge >= 0.3 is 6.09 Å². The summed E-state index contributed by atoms with van der Waals surface area (Å²) in [4.78, 5) is 14.2. The fourth-order valence-corrected chi connectivity index (χ4v) is 4.80. The fraction of sp³-hybridized carbons (Fsp3) is 0.458. The van der Waals surface area contributed by atoms with E-state index in [1.54, 1.807) is 7.11 Å². The van der Waals surface area contributed by atoms with Crippen LogP contribution in [0.4, 0.5) is 4.79 Å². The van der Waals surface area contributed by atoms with Crippen molar-refractivity contribution in [2.75, 3.05) is 26.7 Å². The molecule has 0 spiro atoms. The van der Waals surface area contributed by atoms with Crippen LogP contribution in [0.5, 0.6) is 5.75 Å². The highest BCUT2D eigenvalue weighted by Gasteiger charge is 2.12. The Hall–Kier alpha value is -1.57. The Kier molecular flexibility index (Phi) is 12.0. The monoisotopic (exact) mass is 554 g/mol. The number of alkyl carbamates (subject to hydrolysis) is 1. The van der Waals surface area contributed by atoms with E-state index in [1.807, 2.05) is 36.4 Å². The number of benzene rings is 2. The second-order valence-corrected chi connectivity index (χ2v) is 9.12. The van der Waals surface area contributed by atoms with Gasteiger partial charge in [0.15, 0.2) is 0 Å². The summed E-state index contributed by atoms with van der Waals surface area (Å²) in [5.41, 5.74) is 2.16. The Bertz CT molecular complexity index is 803. The van der Waals surface area contributed by atoms with Crippen LogP contribution < -0.4 is 10.1 Å². The predicted molar refractivity (Wildman–Crippen MR) is 132 cm³/mol. The molecule has 0 aliphatic carbocycles. The van der Waals surface area contributed by atoms with Gasteiger partial charge in [-0.25, -0.2) is 4.79 Å². The second-order valence-electron chi connectivity index (χ2n) is 7.35. The fourth-order valence-electron chi connectivity index (χ4n) is 3.33. The van der Waals surface area contributed by atoms with Gasteiger partial charge in [0.1, 0.15) is 12.4 Å². The summed E-state index contributed by atoms with van der Waals surface area (Å²) in [5.74, 6) is 0.895. The first-order valence-corrected chi connectivity index (χ1v) is 12.3. The van der Waals surface area contributed by atoms with Crippen LogP contribution in [-0.2, 0) is 17.9 Å². The zero-order valence-electron chi connectivity index (χ0n) is 18.3. The number of nitrogens with zero attached hydrogens (tertiary/aromatic N) is 1. The molecule has 0 unspecified atom stereocenters. The molecule has 2 rings (SSSR count). The summed E-state index contributed by atoms with van der Waals surface area (Å²) in [5, 5.41) is 2.83. The topological polar surface area (TPSA) is 50.8 Å². The molecule has 0 heterocycles. The highest BCUT2D eigenvalue weighted by molar-refractivity contribution is 9.11. The first-order valence-electron chi connectivity index (χ1n) is 10.7. The van der Waals surface area contributed by atoms with E-state index >= 15 is 0 Å². The first kappa shape index (κ1) is 25.7. The van der Waals surface area contributed by atoms with Crippen molar-refractivity contribution in [1.82, 2.24) is 10.2 Å². The van der Waals surface area contributed by atoms with Crippen LogP contribution in [-0.4, -0.2) is 37.7 Å². The molecular formula is C24H32Br2N2O3. The smallest absolute Gasteiger partial charge is 0.407 e. The Morgan fingerprint density at radius 2 is 1.81 bits per heavy atom. The number of halogens is 2. The number of nitrogens with one attached hydrogen (secondary N) is 1. The minimum atomic E-state index is -0.352. The molecule has 5 nitrogen and oxygen atoms in total. The number of hydrogen-bond donors (Lipinski definition) is 1. The van der Waals surface area contributed by atoms with Crippen LogP contribution in [0.15, 0.2) is 51.4 Å². The first-order chi connectivity index (χ1) is 15.0. The van der Waals surface area contributed by atoms with Gasteiger partial charge in [-0.15, -0.1) is 0 Å². The molecule has 0 radical (unpaired) electrons. The molecule has 0 fully saturated rings. The van der Waals surface area contributed by atoms with E-state index in [0.29, 0.717) is 13.2 Å². The molecule has 170 valence electrons. The number of amides is 1. The number of rotatable bonds is 13. The van der Waals surface area contributed by atoms with Crippen LogP contribution in [0.2, 0.25) is 0 Å². The maximum atomic E-state index is 11.8. The molecule has 31 heavy (non-hydrogen) atoms. The van der Waals surface area contributed by atoms with Crippen LogP contribution >= 0.6 is 31.9 Å². The van der Waals surface area contributed by atoms with Crippen LogP contribution in [0, 0.1) is 0 Å². The van der Waals surface area contributed by atoms with Crippen molar-refractivity contribution >= 4 is 38.0 Å². The largest absolute Gasteiger partial charge is 0.495 e. The maximum absolute atomic E-state index is 11.8. The third kappa shape index (κ3) is 9.62. The molecule has 7 heteroatoms. The average molecular weight is 556 g/mol. The number of unbranched alkanes of at least 4 members (excludes halogenated alkanes) is 3. The molecule has 1 amide bonds. The quantitative estimate of drug-likeness (QED) is 0.285. The lowest BCUT2D eigenvalue weighted by molar-refractivity contribution is 0.139. The Morgan fingerprint density at radius 1 is 1.06 bits per heavy atom. The molecule has 0 bridgehead atoms. The van der Waals surface area contributed by atoms with Crippen molar-refractivity contribution in [3.05, 3.63) is 62.5 Å². The number of hydrogen-bond acceptors (Lipinski definition) is 4. The molecule has 0 saturated heterocycles. The highest BCUT2D eigenvalue weighted by Crippen LogP contribution is 2.33.